The van der Waals surface area contributed by atoms with Gasteiger partial charge in [-0.2, -0.15) is 8.42 Å². The Morgan fingerprint density at radius 1 is 1.24 bits per heavy atom. The van der Waals surface area contributed by atoms with E-state index in [0.717, 1.165) is 0 Å². The Labute approximate surface area is 105 Å². The number of methoxy groups -OCH3 is 1. The molecule has 5 nitrogen and oxygen atoms in total. The molecule has 0 spiro atoms. The summed E-state index contributed by atoms with van der Waals surface area (Å²) < 4.78 is 42.3. The summed E-state index contributed by atoms with van der Waals surface area (Å²) in [7, 11) is -0.700. The summed E-state index contributed by atoms with van der Waals surface area (Å²) >= 11 is 0. The number of rotatable bonds is 4. The summed E-state index contributed by atoms with van der Waals surface area (Å²) in [4.78, 5) is 0.310. The van der Waals surface area contributed by atoms with Gasteiger partial charge in [-0.1, -0.05) is 10.7 Å². The van der Waals surface area contributed by atoms with Crippen LogP contribution in [0.15, 0.2) is 32.9 Å². The SMILES string of the molecule is CCS(=O)(=NS(=O)(=O)Cl)c1ccc(OC)cc1. The van der Waals surface area contributed by atoms with E-state index in [1.165, 1.54) is 19.2 Å². The highest BCUT2D eigenvalue weighted by Gasteiger charge is 2.15. The molecule has 0 N–H and O–H groups in total. The molecule has 0 amide bonds. The number of nitrogens with zero attached hydrogens (tertiary/aromatic N) is 1. The van der Waals surface area contributed by atoms with Gasteiger partial charge in [-0.3, -0.25) is 0 Å². The van der Waals surface area contributed by atoms with Gasteiger partial charge < -0.3 is 4.74 Å². The van der Waals surface area contributed by atoms with E-state index in [-0.39, 0.29) is 5.75 Å². The van der Waals surface area contributed by atoms with E-state index >= 15 is 0 Å². The number of benzene rings is 1. The zero-order valence-corrected chi connectivity index (χ0v) is 11.7. The molecule has 17 heavy (non-hydrogen) atoms. The van der Waals surface area contributed by atoms with Crippen LogP contribution < -0.4 is 4.74 Å². The van der Waals surface area contributed by atoms with Gasteiger partial charge in [-0.05, 0) is 24.3 Å². The lowest BCUT2D eigenvalue weighted by atomic mass is 10.3. The first kappa shape index (κ1) is 14.3. The molecule has 1 aromatic rings. The van der Waals surface area contributed by atoms with Gasteiger partial charge >= 0.3 is 9.24 Å². The van der Waals surface area contributed by atoms with Crippen molar-refractivity contribution in [1.82, 2.24) is 0 Å². The van der Waals surface area contributed by atoms with E-state index in [1.54, 1.807) is 19.1 Å². The van der Waals surface area contributed by atoms with Gasteiger partial charge in [0.2, 0.25) is 0 Å². The van der Waals surface area contributed by atoms with Crippen LogP contribution in [-0.4, -0.2) is 25.5 Å². The fraction of sp³-hybridized carbons (Fsp3) is 0.333. The summed E-state index contributed by atoms with van der Waals surface area (Å²) in [5.41, 5.74) is 0. The highest BCUT2D eigenvalue weighted by molar-refractivity contribution is 8.17. The number of ether oxygens (including phenoxy) is 1. The third kappa shape index (κ3) is 3.86. The number of hydrogen-bond acceptors (Lipinski definition) is 4. The van der Waals surface area contributed by atoms with Crippen LogP contribution in [0.4, 0.5) is 0 Å². The second-order valence-electron chi connectivity index (χ2n) is 3.09. The lowest BCUT2D eigenvalue weighted by Gasteiger charge is -2.07. The predicted octanol–water partition coefficient (Wildman–Crippen LogP) is 2.03. The summed E-state index contributed by atoms with van der Waals surface area (Å²) in [6, 6.07) is 6.19. The van der Waals surface area contributed by atoms with Crippen LogP contribution in [0.3, 0.4) is 0 Å². The van der Waals surface area contributed by atoms with Gasteiger partial charge in [-0.15, -0.1) is 0 Å². The Hall–Kier alpha value is -0.790. The molecule has 1 aromatic carbocycles. The van der Waals surface area contributed by atoms with Crippen LogP contribution in [0.1, 0.15) is 6.92 Å². The Morgan fingerprint density at radius 3 is 2.12 bits per heavy atom. The second-order valence-corrected chi connectivity index (χ2v) is 8.01. The minimum atomic E-state index is -4.17. The van der Waals surface area contributed by atoms with Gasteiger partial charge in [0.15, 0.2) is 0 Å². The Balaban J connectivity index is 3.37. The summed E-state index contributed by atoms with van der Waals surface area (Å²) in [5.74, 6) is 0.644. The van der Waals surface area contributed by atoms with Crippen LogP contribution in [0.25, 0.3) is 0 Å². The zero-order valence-electron chi connectivity index (χ0n) is 9.29. The van der Waals surface area contributed by atoms with Crippen molar-refractivity contribution in [3.63, 3.8) is 0 Å². The lowest BCUT2D eigenvalue weighted by Crippen LogP contribution is -2.05. The fourth-order valence-electron chi connectivity index (χ4n) is 1.19. The molecule has 0 aromatic heterocycles. The van der Waals surface area contributed by atoms with E-state index in [9.17, 15) is 12.6 Å². The molecule has 0 fully saturated rings. The number of hydrogen-bond donors (Lipinski definition) is 0. The molecule has 1 rings (SSSR count). The van der Waals surface area contributed by atoms with Crippen LogP contribution in [-0.2, 0) is 19.0 Å². The molecule has 0 aliphatic heterocycles. The lowest BCUT2D eigenvalue weighted by molar-refractivity contribution is 0.414. The quantitative estimate of drug-likeness (QED) is 0.797. The van der Waals surface area contributed by atoms with E-state index in [0.29, 0.717) is 10.6 Å². The molecule has 0 saturated heterocycles. The monoisotopic (exact) mass is 297 g/mol. The van der Waals surface area contributed by atoms with Crippen molar-refractivity contribution in [2.45, 2.75) is 11.8 Å². The predicted molar refractivity (Wildman–Crippen MR) is 67.1 cm³/mol. The van der Waals surface area contributed by atoms with E-state index in [1.807, 2.05) is 0 Å². The van der Waals surface area contributed by atoms with Gasteiger partial charge in [0, 0.05) is 21.3 Å². The Morgan fingerprint density at radius 2 is 1.76 bits per heavy atom. The molecule has 96 valence electrons. The third-order valence-electron chi connectivity index (χ3n) is 2.03. The summed E-state index contributed by atoms with van der Waals surface area (Å²) in [6.45, 7) is 1.58. The highest BCUT2D eigenvalue weighted by Crippen LogP contribution is 2.20. The Bertz CT molecular complexity index is 600. The zero-order chi connectivity index (χ0) is 13.1. The van der Waals surface area contributed by atoms with Crippen molar-refractivity contribution in [3.8, 4) is 5.75 Å². The second kappa shape index (κ2) is 5.24. The smallest absolute Gasteiger partial charge is 0.347 e. The maximum atomic E-state index is 12.3. The molecule has 0 radical (unpaired) electrons. The van der Waals surface area contributed by atoms with Crippen LogP contribution in [0.5, 0.6) is 5.75 Å². The van der Waals surface area contributed by atoms with Gasteiger partial charge in [0.05, 0.1) is 16.8 Å². The van der Waals surface area contributed by atoms with Crippen LogP contribution >= 0.6 is 10.7 Å². The molecule has 0 aliphatic carbocycles. The first-order valence-electron chi connectivity index (χ1n) is 4.65. The van der Waals surface area contributed by atoms with Crippen molar-refractivity contribution in [1.29, 1.82) is 0 Å². The summed E-state index contributed by atoms with van der Waals surface area (Å²) in [5, 5.41) is 0. The van der Waals surface area contributed by atoms with E-state index in [2.05, 4.69) is 3.77 Å². The minimum absolute atomic E-state index is 0.0608. The fourth-order valence-corrected chi connectivity index (χ4v) is 4.82. The van der Waals surface area contributed by atoms with Gasteiger partial charge in [-0.25, -0.2) is 4.21 Å². The minimum Gasteiger partial charge on any atom is -0.497 e. The molecule has 1 unspecified atom stereocenters. The molecular formula is C9H12ClNO4S2. The molecule has 8 heteroatoms. The van der Waals surface area contributed by atoms with Crippen molar-refractivity contribution in [3.05, 3.63) is 24.3 Å². The molecule has 0 aliphatic rings. The largest absolute Gasteiger partial charge is 0.497 e. The number of halogens is 1. The first-order chi connectivity index (χ1) is 7.80. The van der Waals surface area contributed by atoms with Crippen LogP contribution in [0, 0.1) is 0 Å². The molecule has 0 saturated carbocycles. The van der Waals surface area contributed by atoms with Gasteiger partial charge in [0.1, 0.15) is 5.75 Å². The van der Waals surface area contributed by atoms with E-state index in [4.69, 9.17) is 15.4 Å². The topological polar surface area (TPSA) is 72.8 Å². The molecule has 0 heterocycles. The maximum absolute atomic E-state index is 12.3. The van der Waals surface area contributed by atoms with Gasteiger partial charge in [0.25, 0.3) is 0 Å². The summed E-state index contributed by atoms with van der Waals surface area (Å²) in [6.07, 6.45) is 0. The average Bonchev–Trinajstić information content (AvgIpc) is 2.27. The highest BCUT2D eigenvalue weighted by atomic mass is 35.7. The van der Waals surface area contributed by atoms with E-state index < -0.39 is 19.0 Å². The Kier molecular flexibility index (Phi) is 4.40. The third-order valence-corrected chi connectivity index (χ3v) is 6.00. The van der Waals surface area contributed by atoms with Crippen molar-refractivity contribution in [2.75, 3.05) is 12.9 Å². The first-order valence-corrected chi connectivity index (χ1v) is 8.60. The molecule has 1 atom stereocenters. The standard InChI is InChI=1S/C9H12ClNO4S2/c1-3-16(12,11-17(10,13)14)9-6-4-8(15-2)5-7-9/h4-7H,3H2,1-2H3. The molecular weight excluding hydrogens is 286 g/mol. The average molecular weight is 298 g/mol. The maximum Gasteiger partial charge on any atom is 0.347 e. The van der Waals surface area contributed by atoms with Crippen molar-refractivity contribution >= 4 is 29.6 Å². The normalized spacial score (nSPS) is 15.0. The molecule has 0 bridgehead atoms. The van der Waals surface area contributed by atoms with Crippen molar-refractivity contribution in [2.24, 2.45) is 3.77 Å². The van der Waals surface area contributed by atoms with Crippen LogP contribution in [0.2, 0.25) is 0 Å². The van der Waals surface area contributed by atoms with Crippen molar-refractivity contribution < 1.29 is 17.4 Å².